The Hall–Kier alpha value is -2.91. The molecule has 166 valence electrons. The van der Waals surface area contributed by atoms with E-state index in [9.17, 15) is 18.0 Å². The summed E-state index contributed by atoms with van der Waals surface area (Å²) in [5.41, 5.74) is 8.90. The van der Waals surface area contributed by atoms with Crippen LogP contribution < -0.4 is 16.4 Å². The zero-order chi connectivity index (χ0) is 22.5. The first kappa shape index (κ1) is 21.0. The zero-order valence-electron chi connectivity index (χ0n) is 17.0. The molecule has 0 radical (unpaired) electrons. The molecule has 3 aromatic rings. The molecule has 5 rings (SSSR count). The fourth-order valence-electron chi connectivity index (χ4n) is 4.10. The number of anilines is 2. The highest BCUT2D eigenvalue weighted by Crippen LogP contribution is 2.55. The van der Waals surface area contributed by atoms with Gasteiger partial charge in [0, 0.05) is 24.5 Å². The van der Waals surface area contributed by atoms with Crippen LogP contribution in [-0.4, -0.2) is 23.5 Å². The lowest BCUT2D eigenvalue weighted by molar-refractivity contribution is -0.137. The molecule has 1 aromatic heterocycles. The highest BCUT2D eigenvalue weighted by molar-refractivity contribution is 7.18. The number of amides is 1. The number of fused-ring (bicyclic) bond motifs is 2. The number of halogens is 3. The van der Waals surface area contributed by atoms with Crippen molar-refractivity contribution in [3.8, 4) is 10.4 Å². The van der Waals surface area contributed by atoms with Gasteiger partial charge in [-0.3, -0.25) is 4.79 Å². The van der Waals surface area contributed by atoms with Crippen LogP contribution in [-0.2, 0) is 22.8 Å². The van der Waals surface area contributed by atoms with E-state index in [0.717, 1.165) is 57.4 Å². The molecule has 1 amide bonds. The molecule has 0 saturated heterocycles. The van der Waals surface area contributed by atoms with Gasteiger partial charge < -0.3 is 16.4 Å². The van der Waals surface area contributed by atoms with Crippen LogP contribution in [0.1, 0.15) is 29.5 Å². The lowest BCUT2D eigenvalue weighted by Crippen LogP contribution is -2.31. The van der Waals surface area contributed by atoms with Crippen LogP contribution in [0.3, 0.4) is 0 Å². The monoisotopic (exact) mass is 458 g/mol. The molecule has 1 spiro atoms. The Kier molecular flexibility index (Phi) is 4.98. The number of rotatable bonds is 6. The van der Waals surface area contributed by atoms with Gasteiger partial charge in [-0.15, -0.1) is 0 Å². The average Bonchev–Trinajstić information content (AvgIpc) is 3.34. The van der Waals surface area contributed by atoms with Crippen molar-refractivity contribution in [3.05, 3.63) is 65.4 Å². The Morgan fingerprint density at radius 1 is 1.19 bits per heavy atom. The van der Waals surface area contributed by atoms with Gasteiger partial charge >= 0.3 is 6.18 Å². The first-order chi connectivity index (χ1) is 15.2. The maximum absolute atomic E-state index is 12.7. The third kappa shape index (κ3) is 3.86. The predicted octanol–water partition coefficient (Wildman–Crippen LogP) is 4.79. The number of carbonyl (C=O) groups is 1. The number of alkyl halides is 3. The summed E-state index contributed by atoms with van der Waals surface area (Å²) in [6.07, 6.45) is -0.310. The van der Waals surface area contributed by atoms with E-state index in [2.05, 4.69) is 21.7 Å². The van der Waals surface area contributed by atoms with Crippen LogP contribution in [0.2, 0.25) is 0 Å². The van der Waals surface area contributed by atoms with E-state index in [1.165, 1.54) is 23.5 Å². The molecule has 0 bridgehead atoms. The van der Waals surface area contributed by atoms with Crippen LogP contribution in [0, 0.1) is 0 Å². The summed E-state index contributed by atoms with van der Waals surface area (Å²) in [6.45, 7) is 0.444. The highest BCUT2D eigenvalue weighted by atomic mass is 32.1. The third-order valence-corrected chi connectivity index (χ3v) is 7.06. The van der Waals surface area contributed by atoms with Gasteiger partial charge in [-0.2, -0.15) is 13.2 Å². The number of nitrogens with two attached hydrogens (primary N) is 1. The van der Waals surface area contributed by atoms with E-state index in [1.54, 1.807) is 6.20 Å². The van der Waals surface area contributed by atoms with Gasteiger partial charge in [-0.1, -0.05) is 29.5 Å². The van der Waals surface area contributed by atoms with Crippen LogP contribution in [0.4, 0.5) is 24.0 Å². The second-order valence-corrected chi connectivity index (χ2v) is 9.40. The second kappa shape index (κ2) is 7.60. The summed E-state index contributed by atoms with van der Waals surface area (Å²) in [4.78, 5) is 17.6. The second-order valence-electron chi connectivity index (χ2n) is 8.37. The molecule has 9 heteroatoms. The van der Waals surface area contributed by atoms with Gasteiger partial charge in [0.05, 0.1) is 15.9 Å². The molecule has 32 heavy (non-hydrogen) atoms. The minimum Gasteiger partial charge on any atom is -0.360 e. The van der Waals surface area contributed by atoms with Crippen molar-refractivity contribution in [1.29, 1.82) is 0 Å². The molecule has 2 heterocycles. The van der Waals surface area contributed by atoms with Gasteiger partial charge in [-0.25, -0.2) is 4.98 Å². The largest absolute Gasteiger partial charge is 0.416 e. The SMILES string of the molecule is N[C@H](CNc1ncc(-c2ccc3c(c2)C2(CC2)C(=O)N3)s1)Cc1ccc(C(F)(F)F)cc1. The topological polar surface area (TPSA) is 80.0 Å². The van der Waals surface area contributed by atoms with Gasteiger partial charge in [0.25, 0.3) is 0 Å². The lowest BCUT2D eigenvalue weighted by atomic mass is 9.96. The van der Waals surface area contributed by atoms with Crippen LogP contribution >= 0.6 is 11.3 Å². The molecule has 4 N–H and O–H groups in total. The number of nitrogens with zero attached hydrogens (tertiary/aromatic N) is 1. The van der Waals surface area contributed by atoms with Crippen molar-refractivity contribution in [2.75, 3.05) is 17.2 Å². The van der Waals surface area contributed by atoms with Crippen molar-refractivity contribution in [2.45, 2.75) is 36.9 Å². The highest BCUT2D eigenvalue weighted by Gasteiger charge is 2.56. The molecule has 5 nitrogen and oxygen atoms in total. The Morgan fingerprint density at radius 3 is 2.62 bits per heavy atom. The van der Waals surface area contributed by atoms with Crippen LogP contribution in [0.25, 0.3) is 10.4 Å². The normalized spacial score (nSPS) is 17.2. The van der Waals surface area contributed by atoms with Crippen molar-refractivity contribution in [3.63, 3.8) is 0 Å². The average molecular weight is 459 g/mol. The Labute approximate surface area is 186 Å². The number of benzene rings is 2. The molecule has 0 unspecified atom stereocenters. The van der Waals surface area contributed by atoms with Crippen molar-refractivity contribution >= 4 is 28.1 Å². The molecule has 2 aliphatic rings. The molecular weight excluding hydrogens is 437 g/mol. The Balaban J connectivity index is 1.20. The molecular formula is C23H21F3N4OS. The van der Waals surface area contributed by atoms with Gasteiger partial charge in [0.2, 0.25) is 5.91 Å². The Morgan fingerprint density at radius 2 is 1.94 bits per heavy atom. The lowest BCUT2D eigenvalue weighted by Gasteiger charge is -2.13. The Bertz CT molecular complexity index is 1170. The van der Waals surface area contributed by atoms with Crippen molar-refractivity contribution in [1.82, 2.24) is 4.98 Å². The number of thiazole rings is 1. The summed E-state index contributed by atoms with van der Waals surface area (Å²) in [7, 11) is 0. The predicted molar refractivity (Wildman–Crippen MR) is 119 cm³/mol. The molecule has 2 aromatic carbocycles. The van der Waals surface area contributed by atoms with E-state index in [0.29, 0.717) is 13.0 Å². The van der Waals surface area contributed by atoms with E-state index in [1.807, 2.05) is 12.1 Å². The molecule has 1 aliphatic heterocycles. The molecule has 1 aliphatic carbocycles. The van der Waals surface area contributed by atoms with Crippen molar-refractivity contribution < 1.29 is 18.0 Å². The zero-order valence-corrected chi connectivity index (χ0v) is 17.8. The molecule has 1 saturated carbocycles. The fraction of sp³-hybridized carbons (Fsp3) is 0.304. The summed E-state index contributed by atoms with van der Waals surface area (Å²) >= 11 is 1.50. The minimum atomic E-state index is -4.34. The molecule has 1 atom stereocenters. The minimum absolute atomic E-state index is 0.0957. The number of aromatic nitrogens is 1. The smallest absolute Gasteiger partial charge is 0.360 e. The quantitative estimate of drug-likeness (QED) is 0.496. The first-order valence-corrected chi connectivity index (χ1v) is 11.1. The van der Waals surface area contributed by atoms with E-state index < -0.39 is 11.7 Å². The van der Waals surface area contributed by atoms with E-state index in [4.69, 9.17) is 5.73 Å². The van der Waals surface area contributed by atoms with E-state index in [-0.39, 0.29) is 17.4 Å². The number of hydrogen-bond donors (Lipinski definition) is 3. The fourth-order valence-corrected chi connectivity index (χ4v) is 4.92. The van der Waals surface area contributed by atoms with Crippen LogP contribution in [0.5, 0.6) is 0 Å². The molecule has 1 fully saturated rings. The van der Waals surface area contributed by atoms with Gasteiger partial charge in [-0.05, 0) is 60.2 Å². The third-order valence-electron chi connectivity index (χ3n) is 6.05. The summed E-state index contributed by atoms with van der Waals surface area (Å²) in [6, 6.07) is 10.8. The van der Waals surface area contributed by atoms with Crippen LogP contribution in [0.15, 0.2) is 48.7 Å². The standard InChI is InChI=1S/C23H21F3N4OS/c24-23(25,26)15-4-1-13(2-5-15)9-16(27)11-28-21-29-12-19(32-21)14-3-6-18-17(10-14)22(7-8-22)20(31)30-18/h1-6,10,12,16H,7-9,11,27H2,(H,28,29)(H,30,31)/t16-/m0/s1. The number of hydrogen-bond acceptors (Lipinski definition) is 5. The summed E-state index contributed by atoms with van der Waals surface area (Å²) in [5.74, 6) is 0.0957. The number of nitrogens with one attached hydrogen (secondary N) is 2. The van der Waals surface area contributed by atoms with E-state index >= 15 is 0 Å². The van der Waals surface area contributed by atoms with Crippen molar-refractivity contribution in [2.24, 2.45) is 5.73 Å². The number of carbonyl (C=O) groups excluding carboxylic acids is 1. The summed E-state index contributed by atoms with van der Waals surface area (Å²) < 4.78 is 38.0. The van der Waals surface area contributed by atoms with Gasteiger partial charge in [0.1, 0.15) is 0 Å². The van der Waals surface area contributed by atoms with Gasteiger partial charge in [0.15, 0.2) is 5.13 Å². The maximum Gasteiger partial charge on any atom is 0.416 e. The maximum atomic E-state index is 12.7. The first-order valence-electron chi connectivity index (χ1n) is 10.3. The summed E-state index contributed by atoms with van der Waals surface area (Å²) in [5, 5.41) is 6.90.